The van der Waals surface area contributed by atoms with Crippen LogP contribution in [0.5, 0.6) is 0 Å². The Morgan fingerprint density at radius 2 is 0.571 bits per heavy atom. The number of aryl methyl sites for hydroxylation is 1. The summed E-state index contributed by atoms with van der Waals surface area (Å²) in [6.07, 6.45) is 6.64. The van der Waals surface area contributed by atoms with Gasteiger partial charge in [0.15, 0.2) is 0 Å². The molecule has 0 saturated heterocycles. The van der Waals surface area contributed by atoms with E-state index in [1.54, 1.807) is 0 Å². The van der Waals surface area contributed by atoms with Gasteiger partial charge in [0.05, 0.1) is 0 Å². The van der Waals surface area contributed by atoms with Gasteiger partial charge in [-0.15, -0.1) is 0 Å². The molecule has 0 N–H and O–H groups in total. The average molecular weight is 1070 g/mol. The molecule has 0 heterocycles. The fourth-order valence-electron chi connectivity index (χ4n) is 13.8. The summed E-state index contributed by atoms with van der Waals surface area (Å²) in [5.41, 5.74) is 14.1. The van der Waals surface area contributed by atoms with Gasteiger partial charge in [-0.25, -0.2) is 0 Å². The van der Waals surface area contributed by atoms with Crippen LogP contribution in [0.15, 0.2) is 297 Å². The summed E-state index contributed by atoms with van der Waals surface area (Å²) < 4.78 is 0. The lowest BCUT2D eigenvalue weighted by Gasteiger charge is -2.29. The minimum atomic E-state index is 1.02. The largest absolute Gasteiger partial charge is 0.310 e. The molecule has 0 saturated carbocycles. The molecule has 0 amide bonds. The summed E-state index contributed by atoms with van der Waals surface area (Å²) in [7, 11) is 0. The lowest BCUT2D eigenvalue weighted by atomic mass is 9.84. The van der Waals surface area contributed by atoms with E-state index in [4.69, 9.17) is 0 Å². The van der Waals surface area contributed by atoms with E-state index in [-0.39, 0.29) is 0 Å². The Morgan fingerprint density at radius 1 is 0.226 bits per heavy atom. The maximum absolute atomic E-state index is 2.49. The van der Waals surface area contributed by atoms with Crippen molar-refractivity contribution in [3.05, 3.63) is 308 Å². The van der Waals surface area contributed by atoms with E-state index in [1.165, 1.54) is 130 Å². The van der Waals surface area contributed by atoms with Crippen molar-refractivity contribution in [1.82, 2.24) is 0 Å². The van der Waals surface area contributed by atoms with Crippen LogP contribution in [-0.4, -0.2) is 0 Å². The Hall–Kier alpha value is -10.8. The number of anilines is 6. The first-order valence-corrected chi connectivity index (χ1v) is 29.3. The lowest BCUT2D eigenvalue weighted by molar-refractivity contribution is 0.984. The topological polar surface area (TPSA) is 6.48 Å². The Bertz CT molecular complexity index is 5340. The highest BCUT2D eigenvalue weighted by molar-refractivity contribution is 6.24. The van der Waals surface area contributed by atoms with E-state index in [0.29, 0.717) is 0 Å². The molecule has 0 unspecified atom stereocenters. The van der Waals surface area contributed by atoms with Crippen molar-refractivity contribution in [2.24, 2.45) is 0 Å². The van der Waals surface area contributed by atoms with Gasteiger partial charge >= 0.3 is 0 Å². The molecule has 0 radical (unpaired) electrons. The first-order valence-electron chi connectivity index (χ1n) is 29.3. The van der Waals surface area contributed by atoms with E-state index >= 15 is 0 Å². The fourth-order valence-corrected chi connectivity index (χ4v) is 13.8. The number of nitrogens with zero attached hydrogens (tertiary/aromatic N) is 2. The molecule has 1 aliphatic rings. The van der Waals surface area contributed by atoms with Crippen molar-refractivity contribution >= 4 is 137 Å². The van der Waals surface area contributed by atoms with Crippen molar-refractivity contribution in [2.75, 3.05) is 9.80 Å². The van der Waals surface area contributed by atoms with E-state index in [1.807, 2.05) is 0 Å². The van der Waals surface area contributed by atoms with Gasteiger partial charge in [0.25, 0.3) is 0 Å². The molecule has 0 aromatic heterocycles. The van der Waals surface area contributed by atoms with Gasteiger partial charge in [-0.1, -0.05) is 218 Å². The van der Waals surface area contributed by atoms with Crippen LogP contribution in [-0.2, 0) is 6.42 Å². The predicted molar refractivity (Wildman–Crippen MR) is 362 cm³/mol. The van der Waals surface area contributed by atoms with Crippen molar-refractivity contribution in [1.29, 1.82) is 0 Å². The highest BCUT2D eigenvalue weighted by Crippen LogP contribution is 2.50. The zero-order valence-electron chi connectivity index (χ0n) is 46.2. The molecule has 2 heteroatoms. The number of hydrogen-bond acceptors (Lipinski definition) is 2. The number of hydrogen-bond donors (Lipinski definition) is 0. The first-order chi connectivity index (χ1) is 41.6. The van der Waals surface area contributed by atoms with Gasteiger partial charge < -0.3 is 9.80 Å². The van der Waals surface area contributed by atoms with E-state index < -0.39 is 0 Å². The normalized spacial score (nSPS) is 12.4. The lowest BCUT2D eigenvalue weighted by Crippen LogP contribution is -2.11. The van der Waals surface area contributed by atoms with Gasteiger partial charge in [-0.2, -0.15) is 0 Å². The van der Waals surface area contributed by atoms with Gasteiger partial charge in [0.1, 0.15) is 0 Å². The summed E-state index contributed by atoms with van der Waals surface area (Å²) in [6, 6.07) is 109. The Kier molecular flexibility index (Phi) is 11.1. The van der Waals surface area contributed by atoms with E-state index in [2.05, 4.69) is 313 Å². The monoisotopic (exact) mass is 1070 g/mol. The number of rotatable bonds is 8. The molecular weight excluding hydrogens is 1010 g/mol. The fraction of sp³-hybridized carbons (Fsp3) is 0.0244. The second-order valence-electron chi connectivity index (χ2n) is 22.7. The van der Waals surface area contributed by atoms with Gasteiger partial charge in [0.2, 0.25) is 0 Å². The van der Waals surface area contributed by atoms with Crippen molar-refractivity contribution in [3.63, 3.8) is 0 Å². The maximum Gasteiger partial charge on any atom is 0.0468 e. The number of benzene rings is 16. The van der Waals surface area contributed by atoms with Crippen LogP contribution < -0.4 is 9.80 Å². The van der Waals surface area contributed by atoms with Crippen LogP contribution in [0.3, 0.4) is 0 Å². The number of fused-ring (bicyclic) bond motifs is 12. The van der Waals surface area contributed by atoms with E-state index in [9.17, 15) is 0 Å². The molecule has 84 heavy (non-hydrogen) atoms. The summed E-state index contributed by atoms with van der Waals surface area (Å²) >= 11 is 0. The van der Waals surface area contributed by atoms with Gasteiger partial charge in [-0.3, -0.25) is 0 Å². The first kappa shape index (κ1) is 48.0. The van der Waals surface area contributed by atoms with Gasteiger partial charge in [0, 0.05) is 34.1 Å². The highest BCUT2D eigenvalue weighted by atomic mass is 15.1. The molecule has 16 aromatic carbocycles. The molecule has 0 aliphatic heterocycles. The SMILES string of the molecule is C1=Cc2ccc(N(c3ccc4ccccc4c3)c3ccc4c(-c5ccc6c(ccc7ccccc76)c5)c5cc(N(c6ccc7ccccc7c6)c6ccc7ccccc7c6)ccc5c(-c5ccc6c(ccc7ccccc76)c5)c4c3)cc2CC1. The Balaban J connectivity index is 0.983. The Morgan fingerprint density at radius 3 is 1.05 bits per heavy atom. The van der Waals surface area contributed by atoms with Crippen LogP contribution in [0.4, 0.5) is 34.1 Å². The summed E-state index contributed by atoms with van der Waals surface area (Å²) in [4.78, 5) is 4.94. The molecule has 0 fully saturated rings. The second-order valence-corrected chi connectivity index (χ2v) is 22.7. The molecular formula is C82H54N2. The molecule has 17 rings (SSSR count). The van der Waals surface area contributed by atoms with Crippen molar-refractivity contribution in [2.45, 2.75) is 12.8 Å². The summed E-state index contributed by atoms with van der Waals surface area (Å²) in [5, 5.41) is 21.9. The summed E-state index contributed by atoms with van der Waals surface area (Å²) in [5.74, 6) is 0. The molecule has 0 atom stereocenters. The van der Waals surface area contributed by atoms with Crippen LogP contribution in [0.25, 0.3) is 125 Å². The molecule has 2 nitrogen and oxygen atoms in total. The van der Waals surface area contributed by atoms with Crippen molar-refractivity contribution < 1.29 is 0 Å². The maximum atomic E-state index is 2.49. The predicted octanol–water partition coefficient (Wildman–Crippen LogP) is 23.3. The molecule has 392 valence electrons. The van der Waals surface area contributed by atoms with Crippen LogP contribution in [0.1, 0.15) is 17.5 Å². The third-order valence-electron chi connectivity index (χ3n) is 17.9. The van der Waals surface area contributed by atoms with Crippen LogP contribution in [0, 0.1) is 0 Å². The molecule has 0 bridgehead atoms. The van der Waals surface area contributed by atoms with Crippen LogP contribution in [0.2, 0.25) is 0 Å². The minimum absolute atomic E-state index is 1.02. The average Bonchev–Trinajstić information content (AvgIpc) is 1.37. The van der Waals surface area contributed by atoms with E-state index in [0.717, 1.165) is 47.0 Å². The zero-order valence-corrected chi connectivity index (χ0v) is 46.2. The standard InChI is InChI=1S/C82H54N2/c1-5-19-59-47-67(35-29-53(59)13-1)83(68-36-30-54-14-2-6-20-60(54)48-68)71-39-43-77-79(51-71)81(65-33-41-75-63(45-65)27-25-57-17-9-11-23-73(57)75)78-44-40-72(52-80(78)82(77)66-34-42-76-64(46-66)28-26-58-18-10-12-24-74(58)76)84(69-37-31-55-15-3-7-21-61(55)49-69)70-38-32-56-16-4-8-22-62(56)50-70/h1-7,9-21,23-52H,8,22H2. The smallest absolute Gasteiger partial charge is 0.0468 e. The van der Waals surface area contributed by atoms with Crippen molar-refractivity contribution in [3.8, 4) is 22.3 Å². The molecule has 16 aromatic rings. The third kappa shape index (κ3) is 8.02. The van der Waals surface area contributed by atoms with Gasteiger partial charge in [-0.05, 0) is 228 Å². The molecule has 1 aliphatic carbocycles. The highest BCUT2D eigenvalue weighted by Gasteiger charge is 2.24. The molecule has 0 spiro atoms. The second kappa shape index (κ2) is 19.4. The summed E-state index contributed by atoms with van der Waals surface area (Å²) in [6.45, 7) is 0. The van der Waals surface area contributed by atoms with Crippen LogP contribution >= 0.6 is 0 Å². The third-order valence-corrected chi connectivity index (χ3v) is 17.9. The Labute approximate surface area is 487 Å². The zero-order chi connectivity index (χ0) is 55.2. The quantitative estimate of drug-likeness (QED) is 0.111. The number of allylic oxidation sites excluding steroid dienone is 1. The minimum Gasteiger partial charge on any atom is -0.310 e.